The maximum absolute atomic E-state index is 4.34. The van der Waals surface area contributed by atoms with Crippen molar-refractivity contribution in [2.75, 3.05) is 6.54 Å². The van der Waals surface area contributed by atoms with Crippen molar-refractivity contribution in [1.29, 1.82) is 0 Å². The quantitative estimate of drug-likeness (QED) is 0.886. The first-order valence-corrected chi connectivity index (χ1v) is 6.72. The summed E-state index contributed by atoms with van der Waals surface area (Å²) in [4.78, 5) is 4.34. The van der Waals surface area contributed by atoms with E-state index in [0.717, 1.165) is 33.6 Å². The van der Waals surface area contributed by atoms with Crippen LogP contribution in [0, 0.1) is 5.92 Å². The Hall–Kier alpha value is 0.0700. The van der Waals surface area contributed by atoms with Crippen LogP contribution >= 0.6 is 31.9 Å². The van der Waals surface area contributed by atoms with Gasteiger partial charge in [-0.2, -0.15) is 0 Å². The predicted molar refractivity (Wildman–Crippen MR) is 70.8 cm³/mol. The number of pyridine rings is 1. The average Bonchev–Trinajstić information content (AvgIpc) is 2.21. The second-order valence-electron chi connectivity index (χ2n) is 3.73. The first-order chi connectivity index (χ1) is 7.13. The van der Waals surface area contributed by atoms with Gasteiger partial charge in [-0.3, -0.25) is 4.98 Å². The molecular weight excluding hydrogens is 320 g/mol. The fraction of sp³-hybridized carbons (Fsp3) is 0.545. The lowest BCUT2D eigenvalue weighted by Crippen LogP contribution is -2.21. The van der Waals surface area contributed by atoms with Gasteiger partial charge in [-0.1, -0.05) is 20.3 Å². The van der Waals surface area contributed by atoms with Crippen LogP contribution in [0.1, 0.15) is 26.0 Å². The summed E-state index contributed by atoms with van der Waals surface area (Å²) in [5.41, 5.74) is 1.06. The van der Waals surface area contributed by atoms with Crippen molar-refractivity contribution in [2.24, 2.45) is 5.92 Å². The second kappa shape index (κ2) is 6.61. The van der Waals surface area contributed by atoms with Crippen LogP contribution in [-0.4, -0.2) is 11.5 Å². The molecular formula is C11H16Br2N2. The molecule has 2 nitrogen and oxygen atoms in total. The number of nitrogens with zero attached hydrogens (tertiary/aromatic N) is 1. The van der Waals surface area contributed by atoms with Crippen LogP contribution in [0.2, 0.25) is 0 Å². The summed E-state index contributed by atoms with van der Waals surface area (Å²) in [6.07, 6.45) is 3.03. The smallest absolute Gasteiger partial charge is 0.0684 e. The zero-order valence-electron chi connectivity index (χ0n) is 9.06. The molecule has 4 heteroatoms. The topological polar surface area (TPSA) is 24.9 Å². The minimum Gasteiger partial charge on any atom is -0.311 e. The Labute approximate surface area is 108 Å². The summed E-state index contributed by atoms with van der Waals surface area (Å²) in [7, 11) is 0. The molecule has 1 aromatic rings. The highest BCUT2D eigenvalue weighted by atomic mass is 79.9. The third kappa shape index (κ3) is 4.62. The normalized spacial score (nSPS) is 12.8. The van der Waals surface area contributed by atoms with Crippen LogP contribution in [0.15, 0.2) is 21.2 Å². The molecule has 1 N–H and O–H groups in total. The summed E-state index contributed by atoms with van der Waals surface area (Å²) in [6, 6.07) is 2.02. The van der Waals surface area contributed by atoms with E-state index < -0.39 is 0 Å². The molecule has 0 saturated heterocycles. The lowest BCUT2D eigenvalue weighted by Gasteiger charge is -2.10. The van der Waals surface area contributed by atoms with Crippen molar-refractivity contribution < 1.29 is 0 Å². The van der Waals surface area contributed by atoms with Gasteiger partial charge in [-0.25, -0.2) is 0 Å². The van der Waals surface area contributed by atoms with E-state index >= 15 is 0 Å². The highest BCUT2D eigenvalue weighted by molar-refractivity contribution is 9.11. The molecule has 0 spiro atoms. The fourth-order valence-corrected chi connectivity index (χ4v) is 2.28. The van der Waals surface area contributed by atoms with Crippen molar-refractivity contribution in [3.8, 4) is 0 Å². The van der Waals surface area contributed by atoms with Crippen molar-refractivity contribution >= 4 is 31.9 Å². The van der Waals surface area contributed by atoms with Crippen LogP contribution < -0.4 is 5.32 Å². The van der Waals surface area contributed by atoms with Crippen molar-refractivity contribution in [2.45, 2.75) is 26.8 Å². The number of halogens is 2. The Morgan fingerprint density at radius 1 is 1.47 bits per heavy atom. The van der Waals surface area contributed by atoms with Crippen LogP contribution in [-0.2, 0) is 6.54 Å². The summed E-state index contributed by atoms with van der Waals surface area (Å²) < 4.78 is 2.05. The SMILES string of the molecule is CCC(C)CNCc1ncc(Br)cc1Br. The van der Waals surface area contributed by atoms with E-state index in [-0.39, 0.29) is 0 Å². The number of hydrogen-bond donors (Lipinski definition) is 1. The molecule has 1 unspecified atom stereocenters. The highest BCUT2D eigenvalue weighted by Gasteiger charge is 2.03. The summed E-state index contributed by atoms with van der Waals surface area (Å²) in [5.74, 6) is 0.722. The minimum absolute atomic E-state index is 0.722. The van der Waals surface area contributed by atoms with Gasteiger partial charge in [0.25, 0.3) is 0 Å². The van der Waals surface area contributed by atoms with E-state index in [9.17, 15) is 0 Å². The van der Waals surface area contributed by atoms with Crippen LogP contribution in [0.3, 0.4) is 0 Å². The Morgan fingerprint density at radius 2 is 2.20 bits per heavy atom. The number of aromatic nitrogens is 1. The summed E-state index contributed by atoms with van der Waals surface area (Å²) >= 11 is 6.88. The first-order valence-electron chi connectivity index (χ1n) is 5.14. The fourth-order valence-electron chi connectivity index (χ4n) is 1.15. The van der Waals surface area contributed by atoms with Crippen molar-refractivity contribution in [3.05, 3.63) is 26.9 Å². The molecule has 15 heavy (non-hydrogen) atoms. The third-order valence-electron chi connectivity index (χ3n) is 2.37. The number of rotatable bonds is 5. The molecule has 1 atom stereocenters. The van der Waals surface area contributed by atoms with Gasteiger partial charge in [0.2, 0.25) is 0 Å². The van der Waals surface area contributed by atoms with Crippen LogP contribution in [0.25, 0.3) is 0 Å². The minimum atomic E-state index is 0.722. The molecule has 0 aliphatic heterocycles. The third-order valence-corrected chi connectivity index (χ3v) is 3.49. The van der Waals surface area contributed by atoms with Gasteiger partial charge in [0.15, 0.2) is 0 Å². The lowest BCUT2D eigenvalue weighted by atomic mass is 10.1. The molecule has 1 heterocycles. The molecule has 0 saturated carbocycles. The van der Waals surface area contributed by atoms with E-state index in [4.69, 9.17) is 0 Å². The molecule has 0 radical (unpaired) electrons. The van der Waals surface area contributed by atoms with E-state index in [0.29, 0.717) is 0 Å². The average molecular weight is 336 g/mol. The predicted octanol–water partition coefficient (Wildman–Crippen LogP) is 3.74. The van der Waals surface area contributed by atoms with E-state index in [1.165, 1.54) is 6.42 Å². The molecule has 0 aliphatic rings. The molecule has 0 fully saturated rings. The van der Waals surface area contributed by atoms with Gasteiger partial charge in [0, 0.05) is 21.7 Å². The highest BCUT2D eigenvalue weighted by Crippen LogP contribution is 2.19. The maximum atomic E-state index is 4.34. The molecule has 1 aromatic heterocycles. The van der Waals surface area contributed by atoms with Crippen LogP contribution in [0.5, 0.6) is 0 Å². The maximum Gasteiger partial charge on any atom is 0.0684 e. The molecule has 1 rings (SSSR count). The van der Waals surface area contributed by atoms with E-state index in [1.54, 1.807) is 0 Å². The molecule has 0 aliphatic carbocycles. The Balaban J connectivity index is 2.44. The van der Waals surface area contributed by atoms with E-state index in [1.807, 2.05) is 12.3 Å². The summed E-state index contributed by atoms with van der Waals surface area (Å²) in [5, 5.41) is 3.40. The Morgan fingerprint density at radius 3 is 2.80 bits per heavy atom. The standard InChI is InChI=1S/C11H16Br2N2/c1-3-8(2)5-14-7-11-10(13)4-9(12)6-15-11/h4,6,8,14H,3,5,7H2,1-2H3. The first kappa shape index (κ1) is 13.1. The Bertz CT molecular complexity index is 315. The van der Waals surface area contributed by atoms with Gasteiger partial charge < -0.3 is 5.32 Å². The molecule has 0 bridgehead atoms. The van der Waals surface area contributed by atoms with Gasteiger partial charge >= 0.3 is 0 Å². The monoisotopic (exact) mass is 334 g/mol. The van der Waals surface area contributed by atoms with Crippen molar-refractivity contribution in [1.82, 2.24) is 10.3 Å². The zero-order valence-corrected chi connectivity index (χ0v) is 12.2. The van der Waals surface area contributed by atoms with Gasteiger partial charge in [-0.05, 0) is 50.4 Å². The van der Waals surface area contributed by atoms with Gasteiger partial charge in [0.05, 0.1) is 5.69 Å². The zero-order chi connectivity index (χ0) is 11.3. The van der Waals surface area contributed by atoms with Crippen LogP contribution in [0.4, 0.5) is 0 Å². The van der Waals surface area contributed by atoms with Gasteiger partial charge in [0.1, 0.15) is 0 Å². The van der Waals surface area contributed by atoms with Crippen molar-refractivity contribution in [3.63, 3.8) is 0 Å². The van der Waals surface area contributed by atoms with Gasteiger partial charge in [-0.15, -0.1) is 0 Å². The Kier molecular flexibility index (Phi) is 5.79. The molecule has 84 valence electrons. The number of nitrogens with one attached hydrogen (secondary N) is 1. The second-order valence-corrected chi connectivity index (χ2v) is 5.50. The molecule has 0 aromatic carbocycles. The van der Waals surface area contributed by atoms with E-state index in [2.05, 4.69) is 56.0 Å². The summed E-state index contributed by atoms with van der Waals surface area (Å²) in [6.45, 7) is 6.32. The number of hydrogen-bond acceptors (Lipinski definition) is 2. The largest absolute Gasteiger partial charge is 0.311 e. The molecule has 0 amide bonds. The lowest BCUT2D eigenvalue weighted by molar-refractivity contribution is 0.497.